The lowest BCUT2D eigenvalue weighted by atomic mass is 10.2. The molecular formula is C13H15ClN2S2. The summed E-state index contributed by atoms with van der Waals surface area (Å²) in [6.07, 6.45) is 1.81. The summed E-state index contributed by atoms with van der Waals surface area (Å²) in [5.41, 5.74) is 1.21. The third-order valence-corrected chi connectivity index (χ3v) is 4.70. The topological polar surface area (TPSA) is 24.9 Å². The average Bonchev–Trinajstić information content (AvgIpc) is 2.82. The van der Waals surface area contributed by atoms with Gasteiger partial charge in [-0.1, -0.05) is 43.3 Å². The Hall–Kier alpha value is -0.550. The fourth-order valence-corrected chi connectivity index (χ4v) is 3.32. The number of halogens is 1. The second kappa shape index (κ2) is 6.57. The molecular weight excluding hydrogens is 284 g/mol. The van der Waals surface area contributed by atoms with Crippen molar-refractivity contribution in [1.29, 1.82) is 0 Å². The van der Waals surface area contributed by atoms with Crippen molar-refractivity contribution in [2.75, 3.05) is 0 Å². The van der Waals surface area contributed by atoms with Gasteiger partial charge in [0, 0.05) is 29.1 Å². The van der Waals surface area contributed by atoms with E-state index in [2.05, 4.69) is 36.3 Å². The molecule has 1 aromatic carbocycles. The predicted molar refractivity (Wildman–Crippen MR) is 79.7 cm³/mol. The van der Waals surface area contributed by atoms with Crippen LogP contribution >= 0.6 is 34.7 Å². The Bertz CT molecular complexity index is 498. The third-order valence-electron chi connectivity index (χ3n) is 2.32. The Kier molecular flexibility index (Phi) is 5.06. The van der Waals surface area contributed by atoms with Gasteiger partial charge in [-0.2, -0.15) is 0 Å². The molecule has 0 unspecified atom stereocenters. The first kappa shape index (κ1) is 13.9. The molecule has 1 heterocycles. The van der Waals surface area contributed by atoms with Gasteiger partial charge in [0.25, 0.3) is 0 Å². The fraction of sp³-hybridized carbons (Fsp3) is 0.308. The molecule has 5 heteroatoms. The fourth-order valence-electron chi connectivity index (χ4n) is 1.41. The van der Waals surface area contributed by atoms with Crippen LogP contribution in [0.4, 0.5) is 0 Å². The van der Waals surface area contributed by atoms with Crippen LogP contribution in [0.15, 0.2) is 39.0 Å². The zero-order chi connectivity index (χ0) is 13.0. The number of nitrogens with zero attached hydrogens (tertiary/aromatic N) is 1. The van der Waals surface area contributed by atoms with E-state index in [4.69, 9.17) is 11.6 Å². The van der Waals surface area contributed by atoms with Gasteiger partial charge in [-0.15, -0.1) is 11.3 Å². The highest BCUT2D eigenvalue weighted by molar-refractivity contribution is 8.01. The van der Waals surface area contributed by atoms with E-state index in [1.165, 1.54) is 5.56 Å². The summed E-state index contributed by atoms with van der Waals surface area (Å²) in [5, 5.41) is 6.14. The van der Waals surface area contributed by atoms with Gasteiger partial charge in [-0.25, -0.2) is 4.98 Å². The van der Waals surface area contributed by atoms with E-state index >= 15 is 0 Å². The molecule has 1 N–H and O–H groups in total. The highest BCUT2D eigenvalue weighted by Gasteiger charge is 2.06. The van der Waals surface area contributed by atoms with Crippen LogP contribution in [0.25, 0.3) is 0 Å². The minimum absolute atomic E-state index is 0.480. The van der Waals surface area contributed by atoms with E-state index in [0.717, 1.165) is 20.8 Å². The van der Waals surface area contributed by atoms with Gasteiger partial charge < -0.3 is 5.32 Å². The Morgan fingerprint density at radius 3 is 2.89 bits per heavy atom. The first-order chi connectivity index (χ1) is 8.65. The van der Waals surface area contributed by atoms with Crippen molar-refractivity contribution < 1.29 is 0 Å². The van der Waals surface area contributed by atoms with E-state index < -0.39 is 0 Å². The molecule has 0 aliphatic carbocycles. The molecule has 0 bridgehead atoms. The molecule has 1 aromatic heterocycles. The van der Waals surface area contributed by atoms with Gasteiger partial charge in [0.2, 0.25) is 0 Å². The maximum absolute atomic E-state index is 6.29. The van der Waals surface area contributed by atoms with Crippen molar-refractivity contribution in [2.45, 2.75) is 35.7 Å². The Balaban J connectivity index is 2.05. The van der Waals surface area contributed by atoms with Crippen molar-refractivity contribution in [2.24, 2.45) is 0 Å². The van der Waals surface area contributed by atoms with Crippen LogP contribution in [0.5, 0.6) is 0 Å². The number of hydrogen-bond donors (Lipinski definition) is 1. The first-order valence-electron chi connectivity index (χ1n) is 5.74. The minimum atomic E-state index is 0.480. The van der Waals surface area contributed by atoms with Crippen LogP contribution in [-0.2, 0) is 6.54 Å². The molecule has 0 saturated carbocycles. The van der Waals surface area contributed by atoms with Gasteiger partial charge >= 0.3 is 0 Å². The summed E-state index contributed by atoms with van der Waals surface area (Å²) in [5.74, 6) is 0. The maximum atomic E-state index is 6.29. The van der Waals surface area contributed by atoms with E-state index in [9.17, 15) is 0 Å². The standard InChI is InChI=1S/C13H15ClN2S2/c1-9(2)16-8-10-3-4-12(11(14)7-10)18-13-15-5-6-17-13/h3-7,9,16H,8H2,1-2H3. The second-order valence-corrected chi connectivity index (χ2v) is 6.79. The number of nitrogens with one attached hydrogen (secondary N) is 1. The van der Waals surface area contributed by atoms with Crippen LogP contribution in [0.3, 0.4) is 0 Å². The lowest BCUT2D eigenvalue weighted by molar-refractivity contribution is 0.589. The molecule has 2 aromatic rings. The van der Waals surface area contributed by atoms with Crippen molar-refractivity contribution in [3.63, 3.8) is 0 Å². The molecule has 0 amide bonds. The Morgan fingerprint density at radius 1 is 1.44 bits per heavy atom. The maximum Gasteiger partial charge on any atom is 0.154 e. The molecule has 18 heavy (non-hydrogen) atoms. The highest BCUT2D eigenvalue weighted by Crippen LogP contribution is 2.34. The highest BCUT2D eigenvalue weighted by atomic mass is 35.5. The predicted octanol–water partition coefficient (Wildman–Crippen LogP) is 4.45. The van der Waals surface area contributed by atoms with Crippen molar-refractivity contribution in [3.8, 4) is 0 Å². The monoisotopic (exact) mass is 298 g/mol. The molecule has 0 aliphatic heterocycles. The largest absolute Gasteiger partial charge is 0.310 e. The van der Waals surface area contributed by atoms with E-state index in [-0.39, 0.29) is 0 Å². The summed E-state index contributed by atoms with van der Waals surface area (Å²) in [6.45, 7) is 5.11. The Morgan fingerprint density at radius 2 is 2.28 bits per heavy atom. The number of thiazole rings is 1. The first-order valence-corrected chi connectivity index (χ1v) is 7.81. The van der Waals surface area contributed by atoms with Crippen LogP contribution in [0.1, 0.15) is 19.4 Å². The second-order valence-electron chi connectivity index (χ2n) is 4.20. The molecule has 0 saturated heterocycles. The van der Waals surface area contributed by atoms with Crippen LogP contribution in [0.2, 0.25) is 5.02 Å². The van der Waals surface area contributed by atoms with E-state index in [0.29, 0.717) is 6.04 Å². The van der Waals surface area contributed by atoms with Gasteiger partial charge in [-0.05, 0) is 17.7 Å². The van der Waals surface area contributed by atoms with Crippen LogP contribution in [0, 0.1) is 0 Å². The zero-order valence-corrected chi connectivity index (χ0v) is 12.7. The van der Waals surface area contributed by atoms with Gasteiger partial charge in [-0.3, -0.25) is 0 Å². The minimum Gasteiger partial charge on any atom is -0.310 e. The SMILES string of the molecule is CC(C)NCc1ccc(Sc2nccs2)c(Cl)c1. The smallest absolute Gasteiger partial charge is 0.154 e. The summed E-state index contributed by atoms with van der Waals surface area (Å²) in [6, 6.07) is 6.67. The van der Waals surface area contributed by atoms with E-state index in [1.54, 1.807) is 23.1 Å². The normalized spacial score (nSPS) is 11.1. The van der Waals surface area contributed by atoms with Crippen molar-refractivity contribution in [1.82, 2.24) is 10.3 Å². The molecule has 96 valence electrons. The molecule has 2 rings (SSSR count). The number of hydrogen-bond acceptors (Lipinski definition) is 4. The number of benzene rings is 1. The Labute approximate surface area is 121 Å². The van der Waals surface area contributed by atoms with E-state index in [1.807, 2.05) is 17.6 Å². The van der Waals surface area contributed by atoms with Crippen LogP contribution in [-0.4, -0.2) is 11.0 Å². The summed E-state index contributed by atoms with van der Waals surface area (Å²) < 4.78 is 1.02. The summed E-state index contributed by atoms with van der Waals surface area (Å²) in [4.78, 5) is 5.30. The van der Waals surface area contributed by atoms with Gasteiger partial charge in [0.1, 0.15) is 0 Å². The summed E-state index contributed by atoms with van der Waals surface area (Å²) >= 11 is 9.52. The van der Waals surface area contributed by atoms with Gasteiger partial charge in [0.15, 0.2) is 4.34 Å². The molecule has 0 aliphatic rings. The van der Waals surface area contributed by atoms with Gasteiger partial charge in [0.05, 0.1) is 5.02 Å². The molecule has 0 spiro atoms. The lowest BCUT2D eigenvalue weighted by Crippen LogP contribution is -2.21. The van der Waals surface area contributed by atoms with Crippen molar-refractivity contribution >= 4 is 34.7 Å². The average molecular weight is 299 g/mol. The summed E-state index contributed by atoms with van der Waals surface area (Å²) in [7, 11) is 0. The molecule has 2 nitrogen and oxygen atoms in total. The number of aromatic nitrogens is 1. The quantitative estimate of drug-likeness (QED) is 0.883. The molecule has 0 fully saturated rings. The van der Waals surface area contributed by atoms with Crippen LogP contribution < -0.4 is 5.32 Å². The molecule has 0 radical (unpaired) electrons. The zero-order valence-electron chi connectivity index (χ0n) is 10.3. The third kappa shape index (κ3) is 3.99. The molecule has 0 atom stereocenters. The van der Waals surface area contributed by atoms with Crippen molar-refractivity contribution in [3.05, 3.63) is 40.4 Å². The lowest BCUT2D eigenvalue weighted by Gasteiger charge is -2.09. The number of rotatable bonds is 5.